The topological polar surface area (TPSA) is 46.6 Å². The normalized spacial score (nSPS) is 16.4. The zero-order chi connectivity index (χ0) is 19.4. The highest BCUT2D eigenvalue weighted by Gasteiger charge is 2.33. The van der Waals surface area contributed by atoms with Crippen LogP contribution in [-0.4, -0.2) is 38.7 Å². The van der Waals surface area contributed by atoms with E-state index < -0.39 is 26.6 Å². The second-order valence-electron chi connectivity index (χ2n) is 6.38. The van der Waals surface area contributed by atoms with Gasteiger partial charge < -0.3 is 4.74 Å². The van der Waals surface area contributed by atoms with Gasteiger partial charge in [0.05, 0.1) is 7.11 Å². The molecule has 0 atom stereocenters. The van der Waals surface area contributed by atoms with Gasteiger partial charge in [0.15, 0.2) is 4.90 Å². The molecule has 8 heteroatoms. The number of nitrogens with zero attached hydrogens (tertiary/aromatic N) is 1. The average Bonchev–Trinajstić information content (AvgIpc) is 2.67. The third-order valence-electron chi connectivity index (χ3n) is 4.64. The van der Waals surface area contributed by atoms with Gasteiger partial charge in [0.2, 0.25) is 10.0 Å². The molecule has 4 nitrogen and oxygen atoms in total. The molecule has 0 amide bonds. The number of methoxy groups -OCH3 is 1. The Bertz CT molecular complexity index is 860. The summed E-state index contributed by atoms with van der Waals surface area (Å²) < 4.78 is 59.3. The third kappa shape index (κ3) is 4.62. The number of piperidine rings is 1. The summed E-state index contributed by atoms with van der Waals surface area (Å²) in [6.07, 6.45) is 1.33. The van der Waals surface area contributed by atoms with Gasteiger partial charge in [-0.3, -0.25) is 0 Å². The Kier molecular flexibility index (Phi) is 6.39. The van der Waals surface area contributed by atoms with Crippen molar-refractivity contribution in [3.63, 3.8) is 0 Å². The Hall–Kier alpha value is -1.64. The van der Waals surface area contributed by atoms with Gasteiger partial charge in [-0.05, 0) is 55.2 Å². The van der Waals surface area contributed by atoms with E-state index in [4.69, 9.17) is 4.74 Å². The van der Waals surface area contributed by atoms with Gasteiger partial charge in [0, 0.05) is 23.7 Å². The molecule has 1 saturated heterocycles. The molecule has 1 aliphatic rings. The molecular formula is C19H21F2NO3S2. The first-order valence-corrected chi connectivity index (χ1v) is 11.1. The molecule has 146 valence electrons. The standard InChI is InChI=1S/C19H21F2NO3S2/c1-25-15-5-7-16(8-6-15)26-13-14-9-11-22(12-10-14)27(23,24)19-17(20)3-2-4-18(19)21/h2-8,14H,9-13H2,1H3. The molecule has 1 fully saturated rings. The van der Waals surface area contributed by atoms with Crippen LogP contribution in [0.1, 0.15) is 12.8 Å². The van der Waals surface area contributed by atoms with Gasteiger partial charge in [0.25, 0.3) is 0 Å². The molecule has 0 N–H and O–H groups in total. The number of ether oxygens (including phenoxy) is 1. The van der Waals surface area contributed by atoms with Gasteiger partial charge in [-0.2, -0.15) is 4.31 Å². The highest BCUT2D eigenvalue weighted by molar-refractivity contribution is 7.99. The minimum Gasteiger partial charge on any atom is -0.497 e. The molecule has 0 spiro atoms. The van der Waals surface area contributed by atoms with Crippen molar-refractivity contribution >= 4 is 21.8 Å². The van der Waals surface area contributed by atoms with Crippen LogP contribution in [0, 0.1) is 17.6 Å². The van der Waals surface area contributed by atoms with Crippen LogP contribution in [0.15, 0.2) is 52.3 Å². The van der Waals surface area contributed by atoms with Gasteiger partial charge in [-0.25, -0.2) is 17.2 Å². The van der Waals surface area contributed by atoms with Crippen molar-refractivity contribution in [2.45, 2.75) is 22.6 Å². The van der Waals surface area contributed by atoms with Gasteiger partial charge in [0.1, 0.15) is 17.4 Å². The molecule has 0 radical (unpaired) electrons. The number of sulfonamides is 1. The number of rotatable bonds is 6. The van der Waals surface area contributed by atoms with Gasteiger partial charge >= 0.3 is 0 Å². The zero-order valence-corrected chi connectivity index (χ0v) is 16.5. The van der Waals surface area contributed by atoms with E-state index in [-0.39, 0.29) is 13.1 Å². The summed E-state index contributed by atoms with van der Waals surface area (Å²) >= 11 is 1.71. The Morgan fingerprint density at radius 2 is 1.67 bits per heavy atom. The summed E-state index contributed by atoms with van der Waals surface area (Å²) in [7, 11) is -2.54. The lowest BCUT2D eigenvalue weighted by atomic mass is 10.0. The molecule has 0 saturated carbocycles. The molecule has 1 heterocycles. The first-order chi connectivity index (χ1) is 12.9. The molecule has 0 aromatic heterocycles. The van der Waals surface area contributed by atoms with Crippen LogP contribution in [-0.2, 0) is 10.0 Å². The maximum absolute atomic E-state index is 13.9. The average molecular weight is 414 g/mol. The minimum absolute atomic E-state index is 0.268. The Morgan fingerprint density at radius 3 is 2.22 bits per heavy atom. The fourth-order valence-corrected chi connectivity index (χ4v) is 5.73. The predicted octanol–water partition coefficient (Wildman–Crippen LogP) is 4.17. The van der Waals surface area contributed by atoms with Crippen molar-refractivity contribution in [1.29, 1.82) is 0 Å². The molecule has 0 bridgehead atoms. The molecule has 0 unspecified atom stereocenters. The van der Waals surface area contributed by atoms with E-state index >= 15 is 0 Å². The quantitative estimate of drug-likeness (QED) is 0.667. The predicted molar refractivity (Wildman–Crippen MR) is 102 cm³/mol. The molecule has 1 aliphatic heterocycles. The number of hydrogen-bond acceptors (Lipinski definition) is 4. The summed E-state index contributed by atoms with van der Waals surface area (Å²) in [5.74, 6) is -0.0690. The molecular weight excluding hydrogens is 392 g/mol. The Balaban J connectivity index is 1.58. The highest BCUT2D eigenvalue weighted by Crippen LogP contribution is 2.30. The third-order valence-corrected chi connectivity index (χ3v) is 7.83. The fourth-order valence-electron chi connectivity index (χ4n) is 3.06. The van der Waals surface area contributed by atoms with E-state index in [2.05, 4.69) is 0 Å². The van der Waals surface area contributed by atoms with Crippen LogP contribution in [0.5, 0.6) is 5.75 Å². The highest BCUT2D eigenvalue weighted by atomic mass is 32.2. The molecule has 3 rings (SSSR count). The smallest absolute Gasteiger partial charge is 0.248 e. The van der Waals surface area contributed by atoms with E-state index in [0.29, 0.717) is 18.8 Å². The van der Waals surface area contributed by atoms with Crippen LogP contribution in [0.4, 0.5) is 8.78 Å². The minimum atomic E-state index is -4.16. The zero-order valence-electron chi connectivity index (χ0n) is 14.9. The maximum Gasteiger partial charge on any atom is 0.248 e. The molecule has 27 heavy (non-hydrogen) atoms. The van der Waals surface area contributed by atoms with Crippen molar-refractivity contribution in [3.05, 3.63) is 54.1 Å². The van der Waals surface area contributed by atoms with E-state index in [1.54, 1.807) is 18.9 Å². The first-order valence-electron chi connectivity index (χ1n) is 8.63. The van der Waals surface area contributed by atoms with E-state index in [0.717, 1.165) is 34.6 Å². The Labute approximate surface area is 162 Å². The van der Waals surface area contributed by atoms with Gasteiger partial charge in [-0.15, -0.1) is 11.8 Å². The fraction of sp³-hybridized carbons (Fsp3) is 0.368. The maximum atomic E-state index is 13.9. The van der Waals surface area contributed by atoms with Gasteiger partial charge in [-0.1, -0.05) is 6.07 Å². The largest absolute Gasteiger partial charge is 0.497 e. The van der Waals surface area contributed by atoms with Crippen LogP contribution in [0.2, 0.25) is 0 Å². The lowest BCUT2D eigenvalue weighted by Crippen LogP contribution is -2.39. The van der Waals surface area contributed by atoms with Crippen molar-refractivity contribution < 1.29 is 21.9 Å². The first kappa shape index (κ1) is 20.1. The molecule has 0 aliphatic carbocycles. The van der Waals surface area contributed by atoms with Crippen LogP contribution in [0.3, 0.4) is 0 Å². The second-order valence-corrected chi connectivity index (χ2v) is 9.35. The second kappa shape index (κ2) is 8.58. The van der Waals surface area contributed by atoms with Crippen molar-refractivity contribution in [2.24, 2.45) is 5.92 Å². The van der Waals surface area contributed by atoms with Crippen LogP contribution in [0.25, 0.3) is 0 Å². The van der Waals surface area contributed by atoms with Crippen molar-refractivity contribution in [3.8, 4) is 5.75 Å². The van der Waals surface area contributed by atoms with Crippen LogP contribution < -0.4 is 4.74 Å². The molecule has 2 aromatic carbocycles. The summed E-state index contributed by atoms with van der Waals surface area (Å²) in [5.41, 5.74) is 0. The summed E-state index contributed by atoms with van der Waals surface area (Å²) in [6, 6.07) is 10.9. The van der Waals surface area contributed by atoms with Crippen molar-refractivity contribution in [1.82, 2.24) is 4.31 Å². The summed E-state index contributed by atoms with van der Waals surface area (Å²) in [6.45, 7) is 0.536. The van der Waals surface area contributed by atoms with E-state index in [1.807, 2.05) is 24.3 Å². The van der Waals surface area contributed by atoms with E-state index in [9.17, 15) is 17.2 Å². The lowest BCUT2D eigenvalue weighted by molar-refractivity contribution is 0.289. The number of halogens is 2. The monoisotopic (exact) mass is 413 g/mol. The number of benzene rings is 2. The summed E-state index contributed by atoms with van der Waals surface area (Å²) in [5, 5.41) is 0. The van der Waals surface area contributed by atoms with E-state index in [1.165, 1.54) is 4.31 Å². The molecule has 2 aromatic rings. The lowest BCUT2D eigenvalue weighted by Gasteiger charge is -2.31. The number of thioether (sulfide) groups is 1. The SMILES string of the molecule is COc1ccc(SCC2CCN(S(=O)(=O)c3c(F)cccc3F)CC2)cc1. The van der Waals surface area contributed by atoms with Crippen LogP contribution >= 0.6 is 11.8 Å². The number of hydrogen-bond donors (Lipinski definition) is 0. The Morgan fingerprint density at radius 1 is 1.07 bits per heavy atom. The summed E-state index contributed by atoms with van der Waals surface area (Å²) in [4.78, 5) is 0.273. The van der Waals surface area contributed by atoms with Crippen molar-refractivity contribution in [2.75, 3.05) is 26.0 Å².